The number of nitrogens with zero attached hydrogens (tertiary/aromatic N) is 2. The second kappa shape index (κ2) is 5.90. The molecule has 7 heteroatoms. The molecule has 2 aromatic heterocycles. The Balaban J connectivity index is 2.08. The van der Waals surface area contributed by atoms with Gasteiger partial charge in [-0.25, -0.2) is 13.1 Å². The summed E-state index contributed by atoms with van der Waals surface area (Å²) in [6.45, 7) is 2.16. The van der Waals surface area contributed by atoms with E-state index < -0.39 is 10.0 Å². The standard InChI is InChI=1S/C14H19N3O2S2/c1-2-15-21(18,19)13-10-17(11-6-3-4-7-11)16-14(13)12-8-5-9-20-12/h5,8-11,15H,2-4,6-7H2,1H3. The molecule has 3 rings (SSSR count). The molecule has 1 aliphatic rings. The minimum absolute atomic E-state index is 0.290. The Bertz CT molecular complexity index is 699. The maximum atomic E-state index is 12.4. The van der Waals surface area contributed by atoms with Crippen LogP contribution in [0.25, 0.3) is 10.6 Å². The van der Waals surface area contributed by atoms with E-state index in [-0.39, 0.29) is 0 Å². The predicted molar refractivity (Wildman–Crippen MR) is 83.9 cm³/mol. The molecule has 0 saturated heterocycles. The monoisotopic (exact) mass is 325 g/mol. The summed E-state index contributed by atoms with van der Waals surface area (Å²) in [5.74, 6) is 0. The number of rotatable bonds is 5. The van der Waals surface area contributed by atoms with Crippen molar-refractivity contribution >= 4 is 21.4 Å². The fourth-order valence-corrected chi connectivity index (χ4v) is 4.75. The van der Waals surface area contributed by atoms with Crippen LogP contribution in [0.3, 0.4) is 0 Å². The van der Waals surface area contributed by atoms with Gasteiger partial charge in [0.2, 0.25) is 10.0 Å². The predicted octanol–water partition coefficient (Wildman–Crippen LogP) is 3.02. The highest BCUT2D eigenvalue weighted by molar-refractivity contribution is 7.89. The highest BCUT2D eigenvalue weighted by Gasteiger charge is 2.26. The average molecular weight is 325 g/mol. The van der Waals surface area contributed by atoms with Crippen LogP contribution in [-0.4, -0.2) is 24.7 Å². The van der Waals surface area contributed by atoms with Crippen LogP contribution in [0, 0.1) is 0 Å². The first kappa shape index (κ1) is 14.7. The molecule has 1 N–H and O–H groups in total. The minimum Gasteiger partial charge on any atom is -0.268 e. The molecule has 0 bridgehead atoms. The molecule has 1 fully saturated rings. The quantitative estimate of drug-likeness (QED) is 0.919. The van der Waals surface area contributed by atoms with Crippen molar-refractivity contribution in [2.45, 2.75) is 43.5 Å². The molecule has 5 nitrogen and oxygen atoms in total. The van der Waals surface area contributed by atoms with E-state index in [1.165, 1.54) is 24.2 Å². The highest BCUT2D eigenvalue weighted by atomic mass is 32.2. The van der Waals surface area contributed by atoms with Crippen LogP contribution in [0.15, 0.2) is 28.6 Å². The molecule has 0 spiro atoms. The largest absolute Gasteiger partial charge is 0.268 e. The van der Waals surface area contributed by atoms with Gasteiger partial charge in [0.25, 0.3) is 0 Å². The summed E-state index contributed by atoms with van der Waals surface area (Å²) in [5.41, 5.74) is 0.567. The van der Waals surface area contributed by atoms with Gasteiger partial charge in [0.1, 0.15) is 10.6 Å². The molecule has 1 aliphatic carbocycles. The number of hydrogen-bond donors (Lipinski definition) is 1. The van der Waals surface area contributed by atoms with Crippen molar-refractivity contribution in [3.63, 3.8) is 0 Å². The molecule has 2 aromatic rings. The number of sulfonamides is 1. The molecule has 0 aromatic carbocycles. The molecule has 114 valence electrons. The Kier molecular flexibility index (Phi) is 4.14. The Labute approximate surface area is 129 Å². The number of nitrogens with one attached hydrogen (secondary N) is 1. The van der Waals surface area contributed by atoms with Crippen LogP contribution in [-0.2, 0) is 10.0 Å². The lowest BCUT2D eigenvalue weighted by Crippen LogP contribution is -2.23. The van der Waals surface area contributed by atoms with Gasteiger partial charge >= 0.3 is 0 Å². The maximum Gasteiger partial charge on any atom is 0.244 e. The van der Waals surface area contributed by atoms with E-state index >= 15 is 0 Å². The summed E-state index contributed by atoms with van der Waals surface area (Å²) in [4.78, 5) is 1.18. The minimum atomic E-state index is -3.50. The second-order valence-electron chi connectivity index (χ2n) is 5.24. The van der Waals surface area contributed by atoms with Crippen molar-refractivity contribution in [3.05, 3.63) is 23.7 Å². The van der Waals surface area contributed by atoms with Gasteiger partial charge in [-0.15, -0.1) is 11.3 Å². The zero-order valence-corrected chi connectivity index (χ0v) is 13.6. The van der Waals surface area contributed by atoms with Gasteiger partial charge in [0, 0.05) is 12.7 Å². The van der Waals surface area contributed by atoms with Gasteiger partial charge in [0.15, 0.2) is 0 Å². The third-order valence-electron chi connectivity index (χ3n) is 3.78. The summed E-state index contributed by atoms with van der Waals surface area (Å²) < 4.78 is 29.3. The van der Waals surface area contributed by atoms with Crippen molar-refractivity contribution < 1.29 is 8.42 Å². The number of thiophene rings is 1. The van der Waals surface area contributed by atoms with Gasteiger partial charge in [-0.1, -0.05) is 25.8 Å². The van der Waals surface area contributed by atoms with E-state index in [2.05, 4.69) is 9.82 Å². The maximum absolute atomic E-state index is 12.4. The van der Waals surface area contributed by atoms with Gasteiger partial charge in [0.05, 0.1) is 10.9 Å². The fraction of sp³-hybridized carbons (Fsp3) is 0.500. The molecule has 1 saturated carbocycles. The first-order valence-electron chi connectivity index (χ1n) is 7.24. The van der Waals surface area contributed by atoms with Gasteiger partial charge in [-0.3, -0.25) is 4.68 Å². The summed E-state index contributed by atoms with van der Waals surface area (Å²) >= 11 is 1.51. The van der Waals surface area contributed by atoms with Crippen LogP contribution < -0.4 is 4.72 Å². The lowest BCUT2D eigenvalue weighted by molar-refractivity contribution is 0.467. The second-order valence-corrected chi connectivity index (χ2v) is 7.92. The fourth-order valence-electron chi connectivity index (χ4n) is 2.78. The Morgan fingerprint density at radius 1 is 1.43 bits per heavy atom. The summed E-state index contributed by atoms with van der Waals surface area (Å²) in [7, 11) is -3.50. The molecule has 21 heavy (non-hydrogen) atoms. The number of aromatic nitrogens is 2. The third kappa shape index (κ3) is 2.90. The first-order chi connectivity index (χ1) is 10.1. The average Bonchev–Trinajstić information content (AvgIpc) is 3.19. The lowest BCUT2D eigenvalue weighted by Gasteiger charge is -2.08. The molecule has 0 amide bonds. The number of hydrogen-bond acceptors (Lipinski definition) is 4. The van der Waals surface area contributed by atoms with E-state index in [1.54, 1.807) is 13.1 Å². The Morgan fingerprint density at radius 3 is 2.81 bits per heavy atom. The summed E-state index contributed by atoms with van der Waals surface area (Å²) in [6.07, 6.45) is 6.23. The smallest absolute Gasteiger partial charge is 0.244 e. The van der Waals surface area contributed by atoms with Crippen molar-refractivity contribution in [1.82, 2.24) is 14.5 Å². The van der Waals surface area contributed by atoms with Crippen LogP contribution in [0.5, 0.6) is 0 Å². The van der Waals surface area contributed by atoms with E-state index in [9.17, 15) is 8.42 Å². The topological polar surface area (TPSA) is 64.0 Å². The van der Waals surface area contributed by atoms with E-state index in [0.29, 0.717) is 23.2 Å². The normalized spacial score (nSPS) is 16.6. The van der Waals surface area contributed by atoms with Crippen molar-refractivity contribution in [2.24, 2.45) is 0 Å². The SMILES string of the molecule is CCNS(=O)(=O)c1cn(C2CCCC2)nc1-c1cccs1. The van der Waals surface area contributed by atoms with Gasteiger partial charge in [-0.2, -0.15) is 5.10 Å². The molecule has 0 atom stereocenters. The van der Waals surface area contributed by atoms with Crippen molar-refractivity contribution in [3.8, 4) is 10.6 Å². The zero-order valence-electron chi connectivity index (χ0n) is 11.9. The lowest BCUT2D eigenvalue weighted by atomic mass is 10.3. The van der Waals surface area contributed by atoms with Gasteiger partial charge in [-0.05, 0) is 24.3 Å². The molecule has 0 radical (unpaired) electrons. The van der Waals surface area contributed by atoms with Crippen molar-refractivity contribution in [1.29, 1.82) is 0 Å². The van der Waals surface area contributed by atoms with E-state index in [1.807, 2.05) is 22.2 Å². The molecule has 0 unspecified atom stereocenters. The van der Waals surface area contributed by atoms with Crippen LogP contribution in [0.4, 0.5) is 0 Å². The molecular formula is C14H19N3O2S2. The summed E-state index contributed by atoms with van der Waals surface area (Å²) in [6, 6.07) is 4.16. The molecule has 0 aliphatic heterocycles. The third-order valence-corrected chi connectivity index (χ3v) is 6.20. The van der Waals surface area contributed by atoms with Crippen LogP contribution >= 0.6 is 11.3 Å². The molecular weight excluding hydrogens is 306 g/mol. The Morgan fingerprint density at radius 2 is 2.19 bits per heavy atom. The van der Waals surface area contributed by atoms with Gasteiger partial charge < -0.3 is 0 Å². The Hall–Kier alpha value is -1.18. The first-order valence-corrected chi connectivity index (χ1v) is 9.61. The van der Waals surface area contributed by atoms with Crippen LogP contribution in [0.1, 0.15) is 38.6 Å². The highest BCUT2D eigenvalue weighted by Crippen LogP contribution is 2.34. The molecule has 2 heterocycles. The zero-order chi connectivity index (χ0) is 14.9. The van der Waals surface area contributed by atoms with E-state index in [4.69, 9.17) is 0 Å². The van der Waals surface area contributed by atoms with Crippen LogP contribution in [0.2, 0.25) is 0 Å². The van der Waals surface area contributed by atoms with Crippen molar-refractivity contribution in [2.75, 3.05) is 6.54 Å². The van der Waals surface area contributed by atoms with E-state index in [0.717, 1.165) is 17.7 Å². The summed E-state index contributed by atoms with van der Waals surface area (Å²) in [5, 5.41) is 6.53.